The summed E-state index contributed by atoms with van der Waals surface area (Å²) in [4.78, 5) is 14.2. The lowest BCUT2D eigenvalue weighted by Gasteiger charge is -2.72. The van der Waals surface area contributed by atoms with Crippen LogP contribution in [-0.4, -0.2) is 60.2 Å². The molecule has 0 amide bonds. The zero-order chi connectivity index (χ0) is 34.4. The number of carboxylic acid groups (broad SMARTS) is 1. The van der Waals surface area contributed by atoms with Crippen molar-refractivity contribution in [3.8, 4) is 0 Å². The van der Waals surface area contributed by atoms with Crippen molar-refractivity contribution < 1.29 is 9.90 Å². The van der Waals surface area contributed by atoms with Crippen LogP contribution in [0.3, 0.4) is 0 Å². The van der Waals surface area contributed by atoms with E-state index in [1.165, 1.54) is 107 Å². The largest absolute Gasteiger partial charge is 0.478 e. The van der Waals surface area contributed by atoms with Crippen LogP contribution in [0.4, 0.5) is 0 Å². The predicted octanol–water partition coefficient (Wildman–Crippen LogP) is 10.1. The molecule has 1 aliphatic heterocycles. The maximum absolute atomic E-state index is 11.5. The highest BCUT2D eigenvalue weighted by Crippen LogP contribution is 2.77. The van der Waals surface area contributed by atoms with Crippen LogP contribution in [0.5, 0.6) is 0 Å². The highest BCUT2D eigenvalue weighted by molar-refractivity contribution is 7.99. The fourth-order valence-electron chi connectivity index (χ4n) is 13.3. The van der Waals surface area contributed by atoms with Crippen molar-refractivity contribution in [2.75, 3.05) is 44.2 Å². The summed E-state index contributed by atoms with van der Waals surface area (Å²) < 4.78 is 0. The van der Waals surface area contributed by atoms with Gasteiger partial charge in [-0.3, -0.25) is 0 Å². The van der Waals surface area contributed by atoms with Crippen molar-refractivity contribution in [1.82, 2.24) is 10.2 Å². The first-order valence-corrected chi connectivity index (χ1v) is 20.6. The number of hydrogen-bond donors (Lipinski definition) is 2. The third kappa shape index (κ3) is 5.98. The van der Waals surface area contributed by atoms with E-state index in [0.29, 0.717) is 33.1 Å². The molecule has 7 unspecified atom stereocenters. The van der Waals surface area contributed by atoms with E-state index < -0.39 is 5.97 Å². The van der Waals surface area contributed by atoms with Crippen LogP contribution >= 0.6 is 11.8 Å². The van der Waals surface area contributed by atoms with E-state index >= 15 is 0 Å². The number of aromatic carboxylic acids is 1. The van der Waals surface area contributed by atoms with Gasteiger partial charge in [0.05, 0.1) is 5.56 Å². The SMILES string of the molecule is C=CC.CC1(C)C(c2ccc(C(=O)O)cc2)=CCC2(C)C1CCC1(C)C2CCC2C3CCCC3(CNCCN3CCSCC3)CC[C@]21C. The smallest absolute Gasteiger partial charge is 0.335 e. The van der Waals surface area contributed by atoms with Gasteiger partial charge >= 0.3 is 5.97 Å². The second-order valence-electron chi connectivity index (χ2n) is 18.0. The minimum atomic E-state index is -0.845. The van der Waals surface area contributed by atoms with Crippen LogP contribution in [-0.2, 0) is 0 Å². The van der Waals surface area contributed by atoms with E-state index in [0.717, 1.165) is 30.7 Å². The highest BCUT2D eigenvalue weighted by Gasteiger charge is 2.69. The van der Waals surface area contributed by atoms with Gasteiger partial charge in [0.15, 0.2) is 0 Å². The van der Waals surface area contributed by atoms with Crippen molar-refractivity contribution >= 4 is 23.3 Å². The topological polar surface area (TPSA) is 52.6 Å². The number of fused-ring (bicyclic) bond motifs is 7. The van der Waals surface area contributed by atoms with Gasteiger partial charge in [-0.1, -0.05) is 65.3 Å². The predicted molar refractivity (Wildman–Crippen MR) is 205 cm³/mol. The number of nitrogens with one attached hydrogen (secondary N) is 1. The molecule has 1 aromatic carbocycles. The Labute approximate surface area is 297 Å². The number of benzene rings is 1. The Balaban J connectivity index is 0.00000129. The summed E-state index contributed by atoms with van der Waals surface area (Å²) >= 11 is 2.11. The molecule has 4 nitrogen and oxygen atoms in total. The fraction of sp³-hybridized carbons (Fsp3) is 0.744. The molecule has 0 aromatic heterocycles. The summed E-state index contributed by atoms with van der Waals surface area (Å²) in [5.74, 6) is 4.98. The Morgan fingerprint density at radius 2 is 1.65 bits per heavy atom. The molecule has 0 bridgehead atoms. The molecule has 7 rings (SSSR count). The first-order valence-electron chi connectivity index (χ1n) is 19.5. The molecular weight excluding hydrogens is 609 g/mol. The van der Waals surface area contributed by atoms with E-state index in [1.54, 1.807) is 18.2 Å². The number of carbonyl (C=O) groups is 1. The summed E-state index contributed by atoms with van der Waals surface area (Å²) in [6, 6.07) is 7.68. The summed E-state index contributed by atoms with van der Waals surface area (Å²) in [7, 11) is 0. The van der Waals surface area contributed by atoms with Crippen LogP contribution in [0.2, 0.25) is 0 Å². The molecule has 1 saturated heterocycles. The summed E-state index contributed by atoms with van der Waals surface area (Å²) in [6.07, 6.45) is 18.2. The second kappa shape index (κ2) is 13.9. The Morgan fingerprint density at radius 1 is 0.938 bits per heavy atom. The maximum atomic E-state index is 11.5. The molecule has 5 aliphatic carbocycles. The van der Waals surface area contributed by atoms with Crippen molar-refractivity contribution in [1.29, 1.82) is 0 Å². The first-order chi connectivity index (χ1) is 22.9. The third-order valence-electron chi connectivity index (χ3n) is 15.7. The van der Waals surface area contributed by atoms with Crippen LogP contribution in [0.25, 0.3) is 5.57 Å². The summed E-state index contributed by atoms with van der Waals surface area (Å²) in [5.41, 5.74) is 4.79. The lowest BCUT2D eigenvalue weighted by molar-refractivity contribution is -0.222. The molecule has 6 aliphatic rings. The van der Waals surface area contributed by atoms with E-state index in [9.17, 15) is 9.90 Å². The molecule has 5 fully saturated rings. The normalized spacial score (nSPS) is 40.2. The lowest BCUT2D eigenvalue weighted by Crippen LogP contribution is -2.65. The molecule has 0 spiro atoms. The molecule has 2 N–H and O–H groups in total. The van der Waals surface area contributed by atoms with Gasteiger partial charge in [-0.05, 0) is 139 Å². The maximum Gasteiger partial charge on any atom is 0.335 e. The van der Waals surface area contributed by atoms with Gasteiger partial charge in [-0.25, -0.2) is 4.79 Å². The van der Waals surface area contributed by atoms with E-state index in [2.05, 4.69) is 81.4 Å². The summed E-state index contributed by atoms with van der Waals surface area (Å²) in [5, 5.41) is 13.5. The van der Waals surface area contributed by atoms with Gasteiger partial charge in [-0.2, -0.15) is 11.8 Å². The average Bonchev–Trinajstić information content (AvgIpc) is 3.48. The number of rotatable bonds is 7. The van der Waals surface area contributed by atoms with E-state index in [1.807, 2.05) is 6.92 Å². The summed E-state index contributed by atoms with van der Waals surface area (Å²) in [6.45, 7) is 24.6. The first kappa shape index (κ1) is 36.2. The zero-order valence-electron chi connectivity index (χ0n) is 31.2. The molecule has 0 radical (unpaired) electrons. The van der Waals surface area contributed by atoms with Gasteiger partial charge in [0.25, 0.3) is 0 Å². The number of carboxylic acids is 1. The number of nitrogens with zero attached hydrogens (tertiary/aromatic N) is 1. The van der Waals surface area contributed by atoms with Gasteiger partial charge in [-0.15, -0.1) is 6.58 Å². The Morgan fingerprint density at radius 3 is 2.33 bits per heavy atom. The molecule has 5 heteroatoms. The molecule has 8 atom stereocenters. The van der Waals surface area contributed by atoms with Crippen LogP contribution < -0.4 is 5.32 Å². The molecule has 4 saturated carbocycles. The van der Waals surface area contributed by atoms with Gasteiger partial charge in [0.1, 0.15) is 0 Å². The number of allylic oxidation sites excluding steroid dienone is 3. The van der Waals surface area contributed by atoms with E-state index in [4.69, 9.17) is 0 Å². The number of hydrogen-bond acceptors (Lipinski definition) is 4. The zero-order valence-corrected chi connectivity index (χ0v) is 32.0. The average molecular weight is 675 g/mol. The molecule has 48 heavy (non-hydrogen) atoms. The van der Waals surface area contributed by atoms with Crippen molar-refractivity contribution in [2.45, 2.75) is 106 Å². The molecule has 1 heterocycles. The Kier molecular flexibility index (Phi) is 10.5. The second-order valence-corrected chi connectivity index (χ2v) is 19.2. The van der Waals surface area contributed by atoms with Crippen LogP contribution in [0, 0.1) is 50.7 Å². The lowest BCUT2D eigenvalue weighted by atomic mass is 9.32. The molecule has 266 valence electrons. The minimum absolute atomic E-state index is 0.0721. The van der Waals surface area contributed by atoms with Crippen LogP contribution in [0.1, 0.15) is 122 Å². The number of thioether (sulfide) groups is 1. The quantitative estimate of drug-likeness (QED) is 0.223. The van der Waals surface area contributed by atoms with Gasteiger partial charge < -0.3 is 15.3 Å². The fourth-order valence-corrected chi connectivity index (χ4v) is 14.3. The van der Waals surface area contributed by atoms with Gasteiger partial charge in [0, 0.05) is 44.2 Å². The minimum Gasteiger partial charge on any atom is -0.478 e. The molecular formula is C43H66N2O2S. The third-order valence-corrected chi connectivity index (χ3v) is 16.7. The van der Waals surface area contributed by atoms with Crippen molar-refractivity contribution in [2.24, 2.45) is 50.7 Å². The van der Waals surface area contributed by atoms with Crippen molar-refractivity contribution in [3.05, 3.63) is 54.1 Å². The van der Waals surface area contributed by atoms with Crippen molar-refractivity contribution in [3.63, 3.8) is 0 Å². The van der Waals surface area contributed by atoms with Crippen LogP contribution in [0.15, 0.2) is 43.0 Å². The Hall–Kier alpha value is -1.56. The van der Waals surface area contributed by atoms with Gasteiger partial charge in [0.2, 0.25) is 0 Å². The van der Waals surface area contributed by atoms with E-state index in [-0.39, 0.29) is 5.41 Å². The Bertz CT molecular complexity index is 1350. The molecule has 1 aromatic rings. The standard InChI is InChI=1S/C40H60N2O2S.C3H6/c1-36(2)30(28-8-10-29(11-9-28)35(43)44)14-17-37(3)33(36)15-18-39(5)34(37)13-12-31-32-7-6-16-40(32,20-19-38(31,39)4)27-41-21-22-42-23-25-45-26-24-42;1-3-2/h8-11,14,31-34,41H,6-7,12-13,15-27H2,1-5H3,(H,43,44);3H,1H2,2H3/t31?,32?,33?,34?,37?,38-,39?,40?;/m1./s1. The monoisotopic (exact) mass is 674 g/mol. The highest BCUT2D eigenvalue weighted by atomic mass is 32.2.